The molecule has 1 heterocycles. The number of carboxylic acid groups (broad SMARTS) is 1. The van der Waals surface area contributed by atoms with Crippen LogP contribution in [0.25, 0.3) is 5.69 Å². The Hall–Kier alpha value is -3.48. The van der Waals surface area contributed by atoms with Gasteiger partial charge in [0.2, 0.25) is 0 Å². The molecule has 3 rings (SSSR count). The summed E-state index contributed by atoms with van der Waals surface area (Å²) in [6.45, 7) is 0. The quantitative estimate of drug-likeness (QED) is 0.770. The average molecular weight is 308 g/mol. The SMILES string of the molecule is O=C(Nc1ccccc1C(=O)O)c1ccc(-n2cnnc2)cc1. The van der Waals surface area contributed by atoms with Gasteiger partial charge in [0.1, 0.15) is 12.7 Å². The van der Waals surface area contributed by atoms with Gasteiger partial charge in [-0.1, -0.05) is 12.1 Å². The van der Waals surface area contributed by atoms with Gasteiger partial charge in [0.15, 0.2) is 0 Å². The number of amides is 1. The molecule has 1 aromatic heterocycles. The van der Waals surface area contributed by atoms with Crippen LogP contribution in [0, 0.1) is 0 Å². The molecule has 0 bridgehead atoms. The lowest BCUT2D eigenvalue weighted by molar-refractivity contribution is 0.0698. The smallest absolute Gasteiger partial charge is 0.337 e. The highest BCUT2D eigenvalue weighted by atomic mass is 16.4. The number of carbonyl (C=O) groups excluding carboxylic acids is 1. The molecule has 0 aliphatic rings. The molecule has 0 fully saturated rings. The van der Waals surface area contributed by atoms with Crippen molar-refractivity contribution in [3.63, 3.8) is 0 Å². The van der Waals surface area contributed by atoms with E-state index in [0.29, 0.717) is 5.56 Å². The molecule has 0 spiro atoms. The number of hydrogen-bond donors (Lipinski definition) is 2. The van der Waals surface area contributed by atoms with Crippen molar-refractivity contribution in [2.24, 2.45) is 0 Å². The summed E-state index contributed by atoms with van der Waals surface area (Å²) in [7, 11) is 0. The summed E-state index contributed by atoms with van der Waals surface area (Å²) in [6, 6.07) is 13.1. The number of aromatic carboxylic acids is 1. The number of aromatic nitrogens is 3. The Labute approximate surface area is 131 Å². The van der Waals surface area contributed by atoms with Crippen molar-refractivity contribution in [3.05, 3.63) is 72.3 Å². The Morgan fingerprint density at radius 3 is 2.26 bits per heavy atom. The third-order valence-corrected chi connectivity index (χ3v) is 3.25. The highest BCUT2D eigenvalue weighted by molar-refractivity contribution is 6.07. The molecule has 0 saturated carbocycles. The average Bonchev–Trinajstić information content (AvgIpc) is 3.10. The van der Waals surface area contributed by atoms with Crippen LogP contribution in [0.1, 0.15) is 20.7 Å². The molecular weight excluding hydrogens is 296 g/mol. The van der Waals surface area contributed by atoms with Crippen molar-refractivity contribution in [2.45, 2.75) is 0 Å². The first-order valence-electron chi connectivity index (χ1n) is 6.74. The topological polar surface area (TPSA) is 97.1 Å². The normalized spacial score (nSPS) is 10.3. The highest BCUT2D eigenvalue weighted by Crippen LogP contribution is 2.17. The summed E-state index contributed by atoms with van der Waals surface area (Å²) in [5, 5.41) is 19.2. The number of nitrogens with one attached hydrogen (secondary N) is 1. The molecule has 2 N–H and O–H groups in total. The van der Waals surface area contributed by atoms with E-state index < -0.39 is 5.97 Å². The van der Waals surface area contributed by atoms with Crippen molar-refractivity contribution in [1.29, 1.82) is 0 Å². The molecule has 7 nitrogen and oxygen atoms in total. The number of benzene rings is 2. The predicted molar refractivity (Wildman–Crippen MR) is 82.7 cm³/mol. The Morgan fingerprint density at radius 1 is 0.957 bits per heavy atom. The summed E-state index contributed by atoms with van der Waals surface area (Å²) >= 11 is 0. The first-order valence-corrected chi connectivity index (χ1v) is 6.74. The lowest BCUT2D eigenvalue weighted by Crippen LogP contribution is -2.14. The van der Waals surface area contributed by atoms with Crippen molar-refractivity contribution in [2.75, 3.05) is 5.32 Å². The van der Waals surface area contributed by atoms with E-state index in [-0.39, 0.29) is 17.2 Å². The summed E-state index contributed by atoms with van der Waals surface area (Å²) in [5.74, 6) is -1.47. The Morgan fingerprint density at radius 2 is 1.61 bits per heavy atom. The maximum Gasteiger partial charge on any atom is 0.337 e. The fourth-order valence-electron chi connectivity index (χ4n) is 2.09. The van der Waals surface area contributed by atoms with E-state index in [2.05, 4.69) is 15.5 Å². The number of carbonyl (C=O) groups is 2. The minimum Gasteiger partial charge on any atom is -0.478 e. The molecule has 3 aromatic rings. The fraction of sp³-hybridized carbons (Fsp3) is 0. The van der Waals surface area contributed by atoms with E-state index in [1.807, 2.05) is 0 Å². The second-order valence-corrected chi connectivity index (χ2v) is 4.72. The van der Waals surface area contributed by atoms with Crippen molar-refractivity contribution < 1.29 is 14.7 Å². The van der Waals surface area contributed by atoms with E-state index in [4.69, 9.17) is 5.11 Å². The van der Waals surface area contributed by atoms with Crippen LogP contribution in [-0.4, -0.2) is 31.7 Å². The third kappa shape index (κ3) is 3.08. The zero-order chi connectivity index (χ0) is 16.2. The van der Waals surface area contributed by atoms with Crippen LogP contribution in [0.3, 0.4) is 0 Å². The van der Waals surface area contributed by atoms with Gasteiger partial charge in [0.05, 0.1) is 11.3 Å². The van der Waals surface area contributed by atoms with Crippen LogP contribution in [0.2, 0.25) is 0 Å². The van der Waals surface area contributed by atoms with Gasteiger partial charge in [0.25, 0.3) is 5.91 Å². The van der Waals surface area contributed by atoms with Crippen LogP contribution < -0.4 is 5.32 Å². The number of anilines is 1. The second kappa shape index (κ2) is 6.10. The maximum absolute atomic E-state index is 12.3. The Balaban J connectivity index is 1.80. The molecule has 23 heavy (non-hydrogen) atoms. The summed E-state index contributed by atoms with van der Waals surface area (Å²) < 4.78 is 1.71. The molecule has 1 amide bonds. The lowest BCUT2D eigenvalue weighted by atomic mass is 10.1. The molecule has 0 unspecified atom stereocenters. The maximum atomic E-state index is 12.3. The minimum atomic E-state index is -1.09. The molecule has 7 heteroatoms. The molecule has 0 atom stereocenters. The molecule has 114 valence electrons. The summed E-state index contributed by atoms with van der Waals surface area (Å²) in [5.41, 5.74) is 1.54. The van der Waals surface area contributed by atoms with E-state index in [9.17, 15) is 9.59 Å². The molecule has 0 aliphatic heterocycles. The number of hydrogen-bond acceptors (Lipinski definition) is 4. The number of carboxylic acids is 1. The monoisotopic (exact) mass is 308 g/mol. The second-order valence-electron chi connectivity index (χ2n) is 4.72. The van der Waals surface area contributed by atoms with Crippen LogP contribution in [0.5, 0.6) is 0 Å². The Kier molecular flexibility index (Phi) is 3.84. The van der Waals surface area contributed by atoms with E-state index >= 15 is 0 Å². The fourth-order valence-corrected chi connectivity index (χ4v) is 2.09. The van der Waals surface area contributed by atoms with Gasteiger partial charge in [-0.25, -0.2) is 4.79 Å². The standard InChI is InChI=1S/C16H12N4O3/c21-15(19-14-4-2-1-3-13(14)16(22)23)11-5-7-12(8-6-11)20-9-17-18-10-20/h1-10H,(H,19,21)(H,22,23). The number of nitrogens with zero attached hydrogens (tertiary/aromatic N) is 3. The van der Waals surface area contributed by atoms with E-state index in [0.717, 1.165) is 5.69 Å². The van der Waals surface area contributed by atoms with Crippen molar-refractivity contribution >= 4 is 17.6 Å². The molecule has 0 radical (unpaired) electrons. The zero-order valence-corrected chi connectivity index (χ0v) is 11.9. The molecular formula is C16H12N4O3. The number of para-hydroxylation sites is 1. The van der Waals surface area contributed by atoms with Gasteiger partial charge in [-0.15, -0.1) is 10.2 Å². The largest absolute Gasteiger partial charge is 0.478 e. The first-order chi connectivity index (χ1) is 11.1. The van der Waals surface area contributed by atoms with Gasteiger partial charge in [-0.05, 0) is 36.4 Å². The van der Waals surface area contributed by atoms with Crippen LogP contribution >= 0.6 is 0 Å². The third-order valence-electron chi connectivity index (χ3n) is 3.25. The molecule has 2 aromatic carbocycles. The molecule has 0 aliphatic carbocycles. The van der Waals surface area contributed by atoms with E-state index in [1.165, 1.54) is 6.07 Å². The van der Waals surface area contributed by atoms with Crippen LogP contribution in [0.4, 0.5) is 5.69 Å². The molecule has 0 saturated heterocycles. The van der Waals surface area contributed by atoms with Gasteiger partial charge < -0.3 is 10.4 Å². The first kappa shape index (κ1) is 14.5. The van der Waals surface area contributed by atoms with Crippen molar-refractivity contribution in [3.8, 4) is 5.69 Å². The number of rotatable bonds is 4. The van der Waals surface area contributed by atoms with Gasteiger partial charge in [-0.2, -0.15) is 0 Å². The van der Waals surface area contributed by atoms with Crippen molar-refractivity contribution in [1.82, 2.24) is 14.8 Å². The minimum absolute atomic E-state index is 0.0435. The zero-order valence-electron chi connectivity index (χ0n) is 11.9. The van der Waals surface area contributed by atoms with Crippen LogP contribution in [0.15, 0.2) is 61.2 Å². The summed E-state index contributed by atoms with van der Waals surface area (Å²) in [4.78, 5) is 23.4. The van der Waals surface area contributed by atoms with Crippen LogP contribution in [-0.2, 0) is 0 Å². The predicted octanol–water partition coefficient (Wildman–Crippen LogP) is 2.22. The Bertz CT molecular complexity index is 842. The summed E-state index contributed by atoms with van der Waals surface area (Å²) in [6.07, 6.45) is 3.11. The van der Waals surface area contributed by atoms with E-state index in [1.54, 1.807) is 59.7 Å². The van der Waals surface area contributed by atoms with Gasteiger partial charge in [0, 0.05) is 11.3 Å². The lowest BCUT2D eigenvalue weighted by Gasteiger charge is -2.09. The van der Waals surface area contributed by atoms with Gasteiger partial charge in [-0.3, -0.25) is 9.36 Å². The highest BCUT2D eigenvalue weighted by Gasteiger charge is 2.13. The van der Waals surface area contributed by atoms with Gasteiger partial charge >= 0.3 is 5.97 Å².